The van der Waals surface area contributed by atoms with E-state index in [0.29, 0.717) is 12.6 Å². The van der Waals surface area contributed by atoms with E-state index in [1.165, 1.54) is 12.8 Å². The second kappa shape index (κ2) is 6.21. The van der Waals surface area contributed by atoms with Crippen LogP contribution in [0.5, 0.6) is 0 Å². The zero-order valence-corrected chi connectivity index (χ0v) is 9.91. The lowest BCUT2D eigenvalue weighted by molar-refractivity contribution is -0.129. The predicted molar refractivity (Wildman–Crippen MR) is 62.3 cm³/mol. The summed E-state index contributed by atoms with van der Waals surface area (Å²) in [6.07, 6.45) is 5.61. The highest BCUT2D eigenvalue weighted by molar-refractivity contribution is 5.78. The van der Waals surface area contributed by atoms with Crippen molar-refractivity contribution in [3.8, 4) is 0 Å². The third kappa shape index (κ3) is 3.46. The van der Waals surface area contributed by atoms with Crippen molar-refractivity contribution in [3.63, 3.8) is 0 Å². The van der Waals surface area contributed by atoms with E-state index in [0.717, 1.165) is 45.6 Å². The van der Waals surface area contributed by atoms with Gasteiger partial charge in [0, 0.05) is 32.3 Å². The van der Waals surface area contributed by atoms with Crippen molar-refractivity contribution in [1.29, 1.82) is 0 Å². The lowest BCUT2D eigenvalue weighted by Gasteiger charge is -2.19. The molecule has 0 aromatic heterocycles. The summed E-state index contributed by atoms with van der Waals surface area (Å²) in [6.45, 7) is 4.11. The highest BCUT2D eigenvalue weighted by atomic mass is 16.5. The molecule has 1 amide bonds. The molecule has 0 aliphatic carbocycles. The molecule has 4 heteroatoms. The molecule has 2 aliphatic heterocycles. The van der Waals surface area contributed by atoms with Gasteiger partial charge in [0.25, 0.3) is 0 Å². The Balaban J connectivity index is 1.67. The van der Waals surface area contributed by atoms with Crippen LogP contribution >= 0.6 is 0 Å². The largest absolute Gasteiger partial charge is 0.381 e. The van der Waals surface area contributed by atoms with E-state index >= 15 is 0 Å². The van der Waals surface area contributed by atoms with Crippen LogP contribution in [0.1, 0.15) is 32.1 Å². The smallest absolute Gasteiger partial charge is 0.236 e. The molecule has 16 heavy (non-hydrogen) atoms. The number of carbonyl (C=O) groups excluding carboxylic acids is 1. The van der Waals surface area contributed by atoms with Crippen LogP contribution in [0.15, 0.2) is 0 Å². The van der Waals surface area contributed by atoms with Crippen molar-refractivity contribution in [2.45, 2.75) is 38.1 Å². The highest BCUT2D eigenvalue weighted by Crippen LogP contribution is 2.09. The van der Waals surface area contributed by atoms with Crippen molar-refractivity contribution in [1.82, 2.24) is 10.2 Å². The Bertz CT molecular complexity index is 219. The van der Waals surface area contributed by atoms with Gasteiger partial charge in [-0.2, -0.15) is 0 Å². The molecule has 0 spiro atoms. The fraction of sp³-hybridized carbons (Fsp3) is 0.917. The topological polar surface area (TPSA) is 41.6 Å². The van der Waals surface area contributed by atoms with Crippen molar-refractivity contribution in [2.24, 2.45) is 0 Å². The number of nitrogens with zero attached hydrogens (tertiary/aromatic N) is 1. The van der Waals surface area contributed by atoms with Gasteiger partial charge in [0.05, 0.1) is 6.54 Å². The van der Waals surface area contributed by atoms with Crippen LogP contribution in [0, 0.1) is 0 Å². The molecular formula is C12H22N2O2. The van der Waals surface area contributed by atoms with Gasteiger partial charge in [0.15, 0.2) is 0 Å². The molecule has 0 aromatic rings. The minimum atomic E-state index is 0.266. The van der Waals surface area contributed by atoms with Gasteiger partial charge < -0.3 is 15.0 Å². The molecule has 0 bridgehead atoms. The summed E-state index contributed by atoms with van der Waals surface area (Å²) < 4.78 is 5.40. The first-order chi connectivity index (χ1) is 7.86. The molecule has 2 heterocycles. The average Bonchev–Trinajstić information content (AvgIpc) is 2.71. The molecule has 2 saturated heterocycles. The van der Waals surface area contributed by atoms with Gasteiger partial charge in [-0.25, -0.2) is 0 Å². The third-order valence-corrected chi connectivity index (χ3v) is 3.45. The molecule has 2 fully saturated rings. The molecule has 92 valence electrons. The normalized spacial score (nSPS) is 26.8. The second-order valence-electron chi connectivity index (χ2n) is 4.71. The lowest BCUT2D eigenvalue weighted by atomic mass is 10.1. The number of ether oxygens (including phenoxy) is 1. The number of carbonyl (C=O) groups is 1. The standard InChI is InChI=1S/C12H22N2O2/c15-12(14-6-1-2-7-14)10-13-11-4-3-8-16-9-5-11/h11,13H,1-10H2. The number of likely N-dealkylation sites (tertiary alicyclic amines) is 1. The fourth-order valence-corrected chi connectivity index (χ4v) is 2.42. The minimum Gasteiger partial charge on any atom is -0.381 e. The summed E-state index contributed by atoms with van der Waals surface area (Å²) in [5, 5.41) is 3.37. The van der Waals surface area contributed by atoms with Crippen molar-refractivity contribution >= 4 is 5.91 Å². The first-order valence-corrected chi connectivity index (χ1v) is 6.45. The van der Waals surface area contributed by atoms with Crippen molar-refractivity contribution in [3.05, 3.63) is 0 Å². The van der Waals surface area contributed by atoms with Crippen molar-refractivity contribution < 1.29 is 9.53 Å². The van der Waals surface area contributed by atoms with Crippen LogP contribution in [0.25, 0.3) is 0 Å². The third-order valence-electron chi connectivity index (χ3n) is 3.45. The SMILES string of the molecule is O=C(CNC1CCCOCC1)N1CCCC1. The van der Waals surface area contributed by atoms with Crippen LogP contribution in [-0.2, 0) is 9.53 Å². The highest BCUT2D eigenvalue weighted by Gasteiger charge is 2.19. The van der Waals surface area contributed by atoms with E-state index in [2.05, 4.69) is 5.32 Å². The Morgan fingerprint density at radius 2 is 2.00 bits per heavy atom. The number of hydrogen-bond donors (Lipinski definition) is 1. The molecule has 1 unspecified atom stereocenters. The number of hydrogen-bond acceptors (Lipinski definition) is 3. The van der Waals surface area contributed by atoms with Crippen LogP contribution in [0.4, 0.5) is 0 Å². The minimum absolute atomic E-state index is 0.266. The lowest BCUT2D eigenvalue weighted by Crippen LogP contribution is -2.40. The number of nitrogens with one attached hydrogen (secondary N) is 1. The summed E-state index contributed by atoms with van der Waals surface area (Å²) in [6, 6.07) is 0.467. The fourth-order valence-electron chi connectivity index (χ4n) is 2.42. The van der Waals surface area contributed by atoms with Crippen molar-refractivity contribution in [2.75, 3.05) is 32.8 Å². The zero-order chi connectivity index (χ0) is 11.2. The molecule has 2 rings (SSSR count). The van der Waals surface area contributed by atoms with Gasteiger partial charge in [-0.1, -0.05) is 0 Å². The van der Waals surface area contributed by atoms with E-state index in [-0.39, 0.29) is 5.91 Å². The Morgan fingerprint density at radius 1 is 1.19 bits per heavy atom. The summed E-state index contributed by atoms with van der Waals surface area (Å²) in [4.78, 5) is 13.8. The Hall–Kier alpha value is -0.610. The monoisotopic (exact) mass is 226 g/mol. The van der Waals surface area contributed by atoms with E-state index in [4.69, 9.17) is 4.74 Å². The summed E-state index contributed by atoms with van der Waals surface area (Å²) in [5.74, 6) is 0.266. The Kier molecular flexibility index (Phi) is 4.60. The van der Waals surface area contributed by atoms with E-state index in [1.54, 1.807) is 0 Å². The van der Waals surface area contributed by atoms with E-state index in [1.807, 2.05) is 4.90 Å². The first kappa shape index (κ1) is 11.9. The van der Waals surface area contributed by atoms with Gasteiger partial charge in [-0.05, 0) is 32.1 Å². The van der Waals surface area contributed by atoms with E-state index in [9.17, 15) is 4.79 Å². The second-order valence-corrected chi connectivity index (χ2v) is 4.71. The summed E-state index contributed by atoms with van der Waals surface area (Å²) in [5.41, 5.74) is 0. The quantitative estimate of drug-likeness (QED) is 0.773. The van der Waals surface area contributed by atoms with Gasteiger partial charge >= 0.3 is 0 Å². The summed E-state index contributed by atoms with van der Waals surface area (Å²) in [7, 11) is 0. The Labute approximate surface area is 97.3 Å². The maximum absolute atomic E-state index is 11.8. The Morgan fingerprint density at radius 3 is 2.81 bits per heavy atom. The van der Waals surface area contributed by atoms with Crippen LogP contribution in [-0.4, -0.2) is 49.7 Å². The average molecular weight is 226 g/mol. The van der Waals surface area contributed by atoms with Crippen LogP contribution in [0.3, 0.4) is 0 Å². The van der Waals surface area contributed by atoms with Gasteiger partial charge in [-0.3, -0.25) is 4.79 Å². The molecular weight excluding hydrogens is 204 g/mol. The molecule has 2 aliphatic rings. The molecule has 4 nitrogen and oxygen atoms in total. The number of amides is 1. The van der Waals surface area contributed by atoms with E-state index < -0.39 is 0 Å². The first-order valence-electron chi connectivity index (χ1n) is 6.45. The van der Waals surface area contributed by atoms with Gasteiger partial charge in [0.2, 0.25) is 5.91 Å². The molecule has 0 radical (unpaired) electrons. The van der Waals surface area contributed by atoms with Gasteiger partial charge in [-0.15, -0.1) is 0 Å². The van der Waals surface area contributed by atoms with Crippen LogP contribution < -0.4 is 5.32 Å². The zero-order valence-electron chi connectivity index (χ0n) is 9.91. The molecule has 1 atom stereocenters. The van der Waals surface area contributed by atoms with Gasteiger partial charge in [0.1, 0.15) is 0 Å². The maximum atomic E-state index is 11.8. The molecule has 0 saturated carbocycles. The molecule has 0 aromatic carbocycles. The molecule has 1 N–H and O–H groups in total. The maximum Gasteiger partial charge on any atom is 0.236 e. The van der Waals surface area contributed by atoms with Crippen LogP contribution in [0.2, 0.25) is 0 Å². The predicted octanol–water partition coefficient (Wildman–Crippen LogP) is 0.767. The number of rotatable bonds is 3. The summed E-state index contributed by atoms with van der Waals surface area (Å²) >= 11 is 0.